The topological polar surface area (TPSA) is 79.3 Å². The lowest BCUT2D eigenvalue weighted by molar-refractivity contribution is -0.137. The molecule has 0 atom stereocenters. The number of hydrogen-bond acceptors (Lipinski definition) is 4. The van der Waals surface area contributed by atoms with E-state index in [0.29, 0.717) is 22.6 Å². The third-order valence-corrected chi connectivity index (χ3v) is 3.68. The molecule has 0 aromatic carbocycles. The number of nitrogens with zero attached hydrogens (tertiary/aromatic N) is 1. The molecule has 0 spiro atoms. The van der Waals surface area contributed by atoms with Crippen molar-refractivity contribution >= 4 is 39.1 Å². The van der Waals surface area contributed by atoms with Crippen molar-refractivity contribution in [1.29, 1.82) is 0 Å². The van der Waals surface area contributed by atoms with Gasteiger partial charge in [0.2, 0.25) is 0 Å². The number of nitrogens with one attached hydrogen (secondary N) is 1. The number of halogens is 1. The van der Waals surface area contributed by atoms with E-state index in [1.54, 1.807) is 5.38 Å². The van der Waals surface area contributed by atoms with Crippen LogP contribution in [0.3, 0.4) is 0 Å². The molecule has 1 amide bonds. The third-order valence-electron chi connectivity index (χ3n) is 2.31. The molecule has 1 aromatic rings. The number of amides is 1. The number of carboxylic acids is 1. The number of rotatable bonds is 8. The van der Waals surface area contributed by atoms with Crippen molar-refractivity contribution in [2.24, 2.45) is 0 Å². The maximum absolute atomic E-state index is 11.6. The lowest BCUT2D eigenvalue weighted by Crippen LogP contribution is -2.24. The van der Waals surface area contributed by atoms with Gasteiger partial charge in [-0.2, -0.15) is 0 Å². The first-order valence-electron chi connectivity index (χ1n) is 5.70. The maximum Gasteiger partial charge on any atom is 0.303 e. The molecule has 18 heavy (non-hydrogen) atoms. The van der Waals surface area contributed by atoms with E-state index in [1.165, 1.54) is 11.3 Å². The van der Waals surface area contributed by atoms with E-state index in [9.17, 15) is 9.59 Å². The van der Waals surface area contributed by atoms with Crippen molar-refractivity contribution < 1.29 is 14.7 Å². The molecular weight excluding hydrogens is 320 g/mol. The predicted octanol–water partition coefficient (Wildman–Crippen LogP) is 2.67. The average molecular weight is 335 g/mol. The molecule has 0 aliphatic rings. The van der Waals surface area contributed by atoms with Gasteiger partial charge in [-0.3, -0.25) is 9.59 Å². The Balaban J connectivity index is 2.04. The molecular formula is C11H15BrN2O3S. The lowest BCUT2D eigenvalue weighted by Gasteiger charge is -2.02. The second-order valence-corrected chi connectivity index (χ2v) is 5.93. The fourth-order valence-corrected chi connectivity index (χ4v) is 2.39. The Kier molecular flexibility index (Phi) is 6.89. The summed E-state index contributed by atoms with van der Waals surface area (Å²) in [5.41, 5.74) is 0.428. The summed E-state index contributed by atoms with van der Waals surface area (Å²) in [6.45, 7) is 0.598. The lowest BCUT2D eigenvalue weighted by atomic mass is 10.1. The zero-order valence-electron chi connectivity index (χ0n) is 9.82. The van der Waals surface area contributed by atoms with Crippen molar-refractivity contribution in [3.63, 3.8) is 0 Å². The van der Waals surface area contributed by atoms with Crippen LogP contribution in [-0.4, -0.2) is 28.5 Å². The van der Waals surface area contributed by atoms with Crippen LogP contribution in [0, 0.1) is 0 Å². The normalized spacial score (nSPS) is 10.3. The van der Waals surface area contributed by atoms with Gasteiger partial charge in [-0.25, -0.2) is 4.98 Å². The van der Waals surface area contributed by atoms with Gasteiger partial charge in [-0.15, -0.1) is 11.3 Å². The number of unbranched alkanes of at least 4 members (excludes halogenated alkanes) is 3. The summed E-state index contributed by atoms with van der Waals surface area (Å²) in [6, 6.07) is 0. The molecule has 100 valence electrons. The van der Waals surface area contributed by atoms with Crippen LogP contribution in [-0.2, 0) is 4.79 Å². The Morgan fingerprint density at radius 2 is 2.06 bits per heavy atom. The maximum atomic E-state index is 11.6. The molecule has 1 rings (SSSR count). The number of hydrogen-bond donors (Lipinski definition) is 2. The first kappa shape index (κ1) is 15.1. The molecule has 0 fully saturated rings. The number of carboxylic acid groups (broad SMARTS) is 1. The van der Waals surface area contributed by atoms with Crippen LogP contribution in [0.2, 0.25) is 0 Å². The fraction of sp³-hybridized carbons (Fsp3) is 0.545. The fourth-order valence-electron chi connectivity index (χ4n) is 1.40. The first-order valence-corrected chi connectivity index (χ1v) is 7.38. The van der Waals surface area contributed by atoms with Gasteiger partial charge in [0.25, 0.3) is 5.91 Å². The monoisotopic (exact) mass is 334 g/mol. The van der Waals surface area contributed by atoms with Crippen LogP contribution in [0.4, 0.5) is 0 Å². The summed E-state index contributed by atoms with van der Waals surface area (Å²) in [7, 11) is 0. The minimum atomic E-state index is -0.752. The van der Waals surface area contributed by atoms with Crippen LogP contribution in [0.5, 0.6) is 0 Å². The van der Waals surface area contributed by atoms with E-state index in [4.69, 9.17) is 5.11 Å². The summed E-state index contributed by atoms with van der Waals surface area (Å²) in [4.78, 5) is 25.9. The van der Waals surface area contributed by atoms with E-state index in [-0.39, 0.29) is 12.3 Å². The summed E-state index contributed by atoms with van der Waals surface area (Å²) in [5.74, 6) is -0.917. The third kappa shape index (κ3) is 6.11. The highest BCUT2D eigenvalue weighted by atomic mass is 79.9. The van der Waals surface area contributed by atoms with Crippen LogP contribution in [0.1, 0.15) is 42.6 Å². The van der Waals surface area contributed by atoms with Gasteiger partial charge in [-0.1, -0.05) is 12.8 Å². The van der Waals surface area contributed by atoms with E-state index < -0.39 is 5.97 Å². The number of aliphatic carboxylic acids is 1. The number of aromatic nitrogens is 1. The van der Waals surface area contributed by atoms with Gasteiger partial charge >= 0.3 is 5.97 Å². The average Bonchev–Trinajstić information content (AvgIpc) is 2.74. The van der Waals surface area contributed by atoms with Gasteiger partial charge in [0, 0.05) is 18.3 Å². The molecule has 0 saturated heterocycles. The number of carbonyl (C=O) groups excluding carboxylic acids is 1. The minimum absolute atomic E-state index is 0.164. The molecule has 0 saturated carbocycles. The first-order chi connectivity index (χ1) is 8.59. The summed E-state index contributed by atoms with van der Waals surface area (Å²) < 4.78 is 0.696. The zero-order valence-corrected chi connectivity index (χ0v) is 12.2. The van der Waals surface area contributed by atoms with Crippen molar-refractivity contribution in [3.8, 4) is 0 Å². The van der Waals surface area contributed by atoms with Gasteiger partial charge in [-0.05, 0) is 28.8 Å². The largest absolute Gasteiger partial charge is 0.481 e. The highest BCUT2D eigenvalue weighted by Crippen LogP contribution is 2.15. The Morgan fingerprint density at radius 3 is 2.67 bits per heavy atom. The SMILES string of the molecule is O=C(O)CCCCCCNC(=O)c1csc(Br)n1. The van der Waals surface area contributed by atoms with Crippen LogP contribution in [0.25, 0.3) is 0 Å². The van der Waals surface area contributed by atoms with Gasteiger partial charge < -0.3 is 10.4 Å². The van der Waals surface area contributed by atoms with Gasteiger partial charge in [0.15, 0.2) is 3.92 Å². The van der Waals surface area contributed by atoms with E-state index in [2.05, 4.69) is 26.2 Å². The Bertz CT molecular complexity index is 409. The molecule has 7 heteroatoms. The number of carbonyl (C=O) groups is 2. The van der Waals surface area contributed by atoms with Gasteiger partial charge in [0.05, 0.1) is 0 Å². The van der Waals surface area contributed by atoms with E-state index in [1.807, 2.05) is 0 Å². The van der Waals surface area contributed by atoms with Crippen molar-refractivity contribution in [2.75, 3.05) is 6.54 Å². The van der Waals surface area contributed by atoms with Gasteiger partial charge in [0.1, 0.15) is 5.69 Å². The predicted molar refractivity (Wildman–Crippen MR) is 72.9 cm³/mol. The molecule has 0 bridgehead atoms. The molecule has 0 aliphatic heterocycles. The Hall–Kier alpha value is -0.950. The zero-order chi connectivity index (χ0) is 13.4. The molecule has 0 aliphatic carbocycles. The van der Waals surface area contributed by atoms with E-state index >= 15 is 0 Å². The molecule has 0 unspecified atom stereocenters. The van der Waals surface area contributed by atoms with Crippen molar-refractivity contribution in [3.05, 3.63) is 15.0 Å². The van der Waals surface area contributed by atoms with Crippen molar-refractivity contribution in [2.45, 2.75) is 32.1 Å². The molecule has 0 radical (unpaired) electrons. The molecule has 2 N–H and O–H groups in total. The Labute approximate surface area is 118 Å². The van der Waals surface area contributed by atoms with E-state index in [0.717, 1.165) is 19.3 Å². The van der Waals surface area contributed by atoms with Crippen LogP contribution >= 0.6 is 27.3 Å². The highest BCUT2D eigenvalue weighted by molar-refractivity contribution is 9.11. The van der Waals surface area contributed by atoms with Crippen LogP contribution < -0.4 is 5.32 Å². The molecule has 1 heterocycles. The second-order valence-electron chi connectivity index (χ2n) is 3.80. The smallest absolute Gasteiger partial charge is 0.303 e. The van der Waals surface area contributed by atoms with Crippen molar-refractivity contribution in [1.82, 2.24) is 10.3 Å². The summed E-state index contributed by atoms with van der Waals surface area (Å²) in [5, 5.41) is 12.9. The quantitative estimate of drug-likeness (QED) is 0.716. The number of thiazole rings is 1. The standard InChI is InChI=1S/C11H15BrN2O3S/c12-11-14-8(7-18-11)10(17)13-6-4-2-1-3-5-9(15)16/h7H,1-6H2,(H,13,17)(H,15,16). The molecule has 5 nitrogen and oxygen atoms in total. The summed E-state index contributed by atoms with van der Waals surface area (Å²) in [6.07, 6.45) is 3.58. The second kappa shape index (κ2) is 8.20. The highest BCUT2D eigenvalue weighted by Gasteiger charge is 2.08. The molecule has 1 aromatic heterocycles. The Morgan fingerprint density at radius 1 is 1.33 bits per heavy atom. The van der Waals surface area contributed by atoms with Crippen LogP contribution in [0.15, 0.2) is 9.30 Å². The minimum Gasteiger partial charge on any atom is -0.481 e. The summed E-state index contributed by atoms with van der Waals surface area (Å²) >= 11 is 4.58.